The molecule has 0 saturated heterocycles. The molecule has 1 aliphatic carbocycles. The van der Waals surface area contributed by atoms with Crippen LogP contribution in [0.1, 0.15) is 44.9 Å². The molecule has 0 radical (unpaired) electrons. The lowest BCUT2D eigenvalue weighted by Gasteiger charge is -2.03. The van der Waals surface area contributed by atoms with Crippen LogP contribution in [0.15, 0.2) is 0 Å². The second-order valence-corrected chi connectivity index (χ2v) is 2.89. The molecule has 0 unspecified atom stereocenters. The van der Waals surface area contributed by atoms with Crippen LogP contribution in [-0.4, -0.2) is 5.78 Å². The van der Waals surface area contributed by atoms with Crippen LogP contribution in [-0.2, 0) is 4.58 Å². The standard InChI is InChI=1S/C8H14O2/c9-10-8-6-4-2-1-3-5-7-8/h1-7H2. The van der Waals surface area contributed by atoms with Gasteiger partial charge < -0.3 is 5.26 Å². The second kappa shape index (κ2) is 4.31. The van der Waals surface area contributed by atoms with E-state index in [-0.39, 0.29) is 0 Å². The van der Waals surface area contributed by atoms with E-state index < -0.39 is 0 Å². The molecule has 10 heavy (non-hydrogen) atoms. The molecule has 0 aromatic carbocycles. The van der Waals surface area contributed by atoms with E-state index in [1.165, 1.54) is 19.3 Å². The molecular formula is C8H14O2. The second-order valence-electron chi connectivity index (χ2n) is 2.89. The monoisotopic (exact) mass is 142 g/mol. The number of ketones is 1. The van der Waals surface area contributed by atoms with Gasteiger partial charge in [0.15, 0.2) is 0 Å². The Hall–Kier alpha value is -0.530. The van der Waals surface area contributed by atoms with Crippen molar-refractivity contribution in [3.8, 4) is 0 Å². The first-order valence-corrected chi connectivity index (χ1v) is 4.08. The van der Waals surface area contributed by atoms with Crippen molar-refractivity contribution in [2.24, 2.45) is 0 Å². The Morgan fingerprint density at radius 1 is 0.900 bits per heavy atom. The lowest BCUT2D eigenvalue weighted by atomic mass is 10.0. The van der Waals surface area contributed by atoms with Crippen molar-refractivity contribution in [3.63, 3.8) is 0 Å². The first kappa shape index (κ1) is 7.58. The average Bonchev–Trinajstić information content (AvgIpc) is 1.87. The molecule has 1 aliphatic rings. The minimum absolute atomic E-state index is 0.764. The normalized spacial score (nSPS) is 21.4. The van der Waals surface area contributed by atoms with Gasteiger partial charge in [0.05, 0.1) is 12.8 Å². The summed E-state index contributed by atoms with van der Waals surface area (Å²) < 4.78 is 3.99. The van der Waals surface area contributed by atoms with Gasteiger partial charge in [-0.05, 0) is 12.8 Å². The molecule has 1 saturated carbocycles. The van der Waals surface area contributed by atoms with Gasteiger partial charge in [-0.1, -0.05) is 19.3 Å². The Labute approximate surface area is 61.5 Å². The van der Waals surface area contributed by atoms with Crippen molar-refractivity contribution in [1.29, 1.82) is 0 Å². The maximum Gasteiger partial charge on any atom is 0.329 e. The number of rotatable bonds is 0. The maximum atomic E-state index is 10.0. The average molecular weight is 142 g/mol. The van der Waals surface area contributed by atoms with Crippen molar-refractivity contribution in [3.05, 3.63) is 0 Å². The summed E-state index contributed by atoms with van der Waals surface area (Å²) >= 11 is 0. The molecule has 0 aromatic heterocycles. The Morgan fingerprint density at radius 2 is 1.40 bits per heavy atom. The van der Waals surface area contributed by atoms with Gasteiger partial charge in [0.25, 0.3) is 0 Å². The van der Waals surface area contributed by atoms with Crippen LogP contribution in [0.2, 0.25) is 0 Å². The van der Waals surface area contributed by atoms with Crippen molar-refractivity contribution >= 4 is 5.78 Å². The fraction of sp³-hybridized carbons (Fsp3) is 0.875. The van der Waals surface area contributed by atoms with E-state index in [1.54, 1.807) is 0 Å². The van der Waals surface area contributed by atoms with Gasteiger partial charge in [0, 0.05) is 0 Å². The summed E-state index contributed by atoms with van der Waals surface area (Å²) in [6, 6.07) is 0. The van der Waals surface area contributed by atoms with Crippen LogP contribution in [0.25, 0.3) is 0 Å². The molecule has 0 heterocycles. The van der Waals surface area contributed by atoms with E-state index in [9.17, 15) is 5.26 Å². The summed E-state index contributed by atoms with van der Waals surface area (Å²) in [6.45, 7) is 0. The van der Waals surface area contributed by atoms with Crippen molar-refractivity contribution < 1.29 is 9.83 Å². The third-order valence-electron chi connectivity index (χ3n) is 2.03. The summed E-state index contributed by atoms with van der Waals surface area (Å²) in [5, 5.41) is 10.0. The summed E-state index contributed by atoms with van der Waals surface area (Å²) in [6.07, 6.45) is 7.90. The highest BCUT2D eigenvalue weighted by atomic mass is 17.1. The highest BCUT2D eigenvalue weighted by molar-refractivity contribution is 5.78. The largest absolute Gasteiger partial charge is 0.463 e. The Kier molecular flexibility index (Phi) is 3.27. The molecule has 1 fully saturated rings. The maximum absolute atomic E-state index is 10.0. The fourth-order valence-electron chi connectivity index (χ4n) is 1.38. The minimum Gasteiger partial charge on any atom is -0.463 e. The van der Waals surface area contributed by atoms with Gasteiger partial charge in [-0.3, -0.25) is 0 Å². The number of hydrogen-bond acceptors (Lipinski definition) is 1. The third kappa shape index (κ3) is 2.38. The first-order valence-electron chi connectivity index (χ1n) is 4.08. The minimum atomic E-state index is 0.764. The Balaban J connectivity index is 2.30. The van der Waals surface area contributed by atoms with Gasteiger partial charge in [-0.25, -0.2) is 0 Å². The molecule has 0 N–H and O–H groups in total. The number of hydrogen-bond donors (Lipinski definition) is 0. The third-order valence-corrected chi connectivity index (χ3v) is 2.03. The van der Waals surface area contributed by atoms with Gasteiger partial charge in [0.1, 0.15) is 0 Å². The SMILES string of the molecule is [O-][O+]=C1CCCCCCC1. The van der Waals surface area contributed by atoms with Gasteiger partial charge in [-0.15, -0.1) is 0 Å². The Bertz CT molecular complexity index is 108. The lowest BCUT2D eigenvalue weighted by molar-refractivity contribution is -1.05. The zero-order valence-corrected chi connectivity index (χ0v) is 6.27. The predicted octanol–water partition coefficient (Wildman–Crippen LogP) is 1.11. The summed E-state index contributed by atoms with van der Waals surface area (Å²) in [4.78, 5) is 0. The zero-order valence-electron chi connectivity index (χ0n) is 6.27. The summed E-state index contributed by atoms with van der Waals surface area (Å²) in [5.74, 6) is 0.764. The molecule has 0 amide bonds. The summed E-state index contributed by atoms with van der Waals surface area (Å²) in [5.41, 5.74) is 0. The highest BCUT2D eigenvalue weighted by Gasteiger charge is 2.12. The van der Waals surface area contributed by atoms with Gasteiger partial charge in [-0.2, -0.15) is 4.58 Å². The molecule has 0 atom stereocenters. The smallest absolute Gasteiger partial charge is 0.329 e. The van der Waals surface area contributed by atoms with Crippen LogP contribution in [0.3, 0.4) is 0 Å². The molecule has 0 bridgehead atoms. The molecule has 2 nitrogen and oxygen atoms in total. The molecule has 58 valence electrons. The van der Waals surface area contributed by atoms with Gasteiger partial charge >= 0.3 is 5.78 Å². The van der Waals surface area contributed by atoms with Crippen molar-refractivity contribution in [2.45, 2.75) is 44.9 Å². The molecule has 2 heteroatoms. The number of carbonyl (C=O) groups excluding carboxylic acids is 1. The van der Waals surface area contributed by atoms with Crippen LogP contribution >= 0.6 is 0 Å². The van der Waals surface area contributed by atoms with E-state index in [0.717, 1.165) is 31.5 Å². The lowest BCUT2D eigenvalue weighted by Crippen LogP contribution is -2.11. The van der Waals surface area contributed by atoms with E-state index in [4.69, 9.17) is 0 Å². The van der Waals surface area contributed by atoms with Crippen LogP contribution < -0.4 is 5.26 Å². The topological polar surface area (TPSA) is 34.4 Å². The van der Waals surface area contributed by atoms with Crippen LogP contribution in [0.4, 0.5) is 0 Å². The van der Waals surface area contributed by atoms with Crippen molar-refractivity contribution in [1.82, 2.24) is 0 Å². The predicted molar refractivity (Wildman–Crippen MR) is 37.3 cm³/mol. The Morgan fingerprint density at radius 3 is 1.90 bits per heavy atom. The van der Waals surface area contributed by atoms with Crippen molar-refractivity contribution in [2.75, 3.05) is 0 Å². The molecule has 0 aromatic rings. The molecule has 0 aliphatic heterocycles. The fourth-order valence-corrected chi connectivity index (χ4v) is 1.38. The first-order chi connectivity index (χ1) is 4.93. The van der Waals surface area contributed by atoms with Crippen LogP contribution in [0, 0.1) is 0 Å². The van der Waals surface area contributed by atoms with E-state index in [2.05, 4.69) is 4.58 Å². The van der Waals surface area contributed by atoms with Crippen LogP contribution in [0.5, 0.6) is 0 Å². The summed E-state index contributed by atoms with van der Waals surface area (Å²) in [7, 11) is 0. The molecule has 0 spiro atoms. The zero-order chi connectivity index (χ0) is 7.23. The van der Waals surface area contributed by atoms with Gasteiger partial charge in [0.2, 0.25) is 0 Å². The van der Waals surface area contributed by atoms with E-state index in [0.29, 0.717) is 0 Å². The quantitative estimate of drug-likeness (QED) is 0.283. The van der Waals surface area contributed by atoms with E-state index >= 15 is 0 Å². The molecule has 1 rings (SSSR count). The molecular weight excluding hydrogens is 128 g/mol. The van der Waals surface area contributed by atoms with E-state index in [1.807, 2.05) is 0 Å². The highest BCUT2D eigenvalue weighted by Crippen LogP contribution is 2.13.